The molecule has 3 nitrogen and oxygen atoms in total. The van der Waals surface area contributed by atoms with Crippen LogP contribution in [0.3, 0.4) is 0 Å². The largest absolute Gasteiger partial charge is 0.335 e. The molecule has 2 heterocycles. The Morgan fingerprint density at radius 1 is 1.21 bits per heavy atom. The second kappa shape index (κ2) is 6.68. The number of halogens is 1. The monoisotopic (exact) mass is 348 g/mol. The number of hydrogen-bond donors (Lipinski definition) is 1. The predicted octanol–water partition coefficient (Wildman–Crippen LogP) is 3.78. The van der Waals surface area contributed by atoms with Crippen molar-refractivity contribution in [2.24, 2.45) is 11.3 Å². The number of amides is 1. The minimum atomic E-state index is 0. The molecular weight excluding hydrogens is 320 g/mol. The second-order valence-corrected chi connectivity index (χ2v) is 7.90. The lowest BCUT2D eigenvalue weighted by Gasteiger charge is -2.28. The van der Waals surface area contributed by atoms with Gasteiger partial charge < -0.3 is 10.2 Å². The van der Waals surface area contributed by atoms with Gasteiger partial charge in [-0.05, 0) is 81.1 Å². The molecule has 1 aromatic carbocycles. The fourth-order valence-corrected chi connectivity index (χ4v) is 4.72. The molecule has 1 aliphatic carbocycles. The molecule has 4 rings (SSSR count). The number of piperidine rings is 1. The molecular formula is C20H29ClN2O. The average molecular weight is 349 g/mol. The van der Waals surface area contributed by atoms with Crippen molar-refractivity contribution < 1.29 is 4.79 Å². The first-order valence-corrected chi connectivity index (χ1v) is 9.19. The first kappa shape index (κ1) is 17.8. The maximum Gasteiger partial charge on any atom is 0.226 e. The summed E-state index contributed by atoms with van der Waals surface area (Å²) in [6, 6.07) is 7.03. The van der Waals surface area contributed by atoms with E-state index in [1.165, 1.54) is 29.5 Å². The molecule has 0 bridgehead atoms. The maximum atomic E-state index is 13.1. The minimum absolute atomic E-state index is 0. The smallest absolute Gasteiger partial charge is 0.226 e. The summed E-state index contributed by atoms with van der Waals surface area (Å²) in [4.78, 5) is 15.3. The van der Waals surface area contributed by atoms with Crippen LogP contribution in [-0.2, 0) is 4.79 Å². The number of carbonyl (C=O) groups is 1. The third-order valence-corrected chi connectivity index (χ3v) is 6.54. The standard InChI is InChI=1S/C20H28N2O.ClH/c1-14-5-6-16(12-15(14)2)18-4-3-11-22(18)19(23)17-13-20(17)7-9-21-10-8-20;/h5-6,12,17-18,21H,3-4,7-11,13H2,1-2H3;1H. The van der Waals surface area contributed by atoms with Crippen molar-refractivity contribution >= 4 is 18.3 Å². The van der Waals surface area contributed by atoms with E-state index in [0.717, 1.165) is 38.9 Å². The van der Waals surface area contributed by atoms with E-state index in [9.17, 15) is 4.79 Å². The number of likely N-dealkylation sites (tertiary alicyclic amines) is 1. The molecule has 1 amide bonds. The summed E-state index contributed by atoms with van der Waals surface area (Å²) in [6.45, 7) is 7.45. The minimum Gasteiger partial charge on any atom is -0.335 e. The molecule has 3 aliphatic rings. The van der Waals surface area contributed by atoms with Gasteiger partial charge in [0.15, 0.2) is 0 Å². The Kier molecular flexibility index (Phi) is 4.94. The number of nitrogens with one attached hydrogen (secondary N) is 1. The van der Waals surface area contributed by atoms with Crippen LogP contribution in [0.25, 0.3) is 0 Å². The third kappa shape index (κ3) is 2.97. The molecule has 1 N–H and O–H groups in total. The van der Waals surface area contributed by atoms with Gasteiger partial charge in [0.2, 0.25) is 5.91 Å². The van der Waals surface area contributed by atoms with Gasteiger partial charge in [-0.3, -0.25) is 4.79 Å². The Morgan fingerprint density at radius 2 is 1.96 bits per heavy atom. The summed E-state index contributed by atoms with van der Waals surface area (Å²) in [5, 5.41) is 3.43. The van der Waals surface area contributed by atoms with Crippen molar-refractivity contribution in [2.45, 2.75) is 52.0 Å². The van der Waals surface area contributed by atoms with Crippen molar-refractivity contribution in [1.29, 1.82) is 0 Å². The van der Waals surface area contributed by atoms with Crippen molar-refractivity contribution in [3.05, 3.63) is 34.9 Å². The predicted molar refractivity (Wildman–Crippen MR) is 99.5 cm³/mol. The Labute approximate surface area is 151 Å². The summed E-state index contributed by atoms with van der Waals surface area (Å²) in [6.07, 6.45) is 5.76. The first-order valence-electron chi connectivity index (χ1n) is 9.19. The van der Waals surface area contributed by atoms with Gasteiger partial charge in [-0.25, -0.2) is 0 Å². The van der Waals surface area contributed by atoms with E-state index >= 15 is 0 Å². The number of benzene rings is 1. The van der Waals surface area contributed by atoms with Crippen molar-refractivity contribution in [3.8, 4) is 0 Å². The van der Waals surface area contributed by atoms with E-state index in [-0.39, 0.29) is 12.4 Å². The van der Waals surface area contributed by atoms with Crippen LogP contribution < -0.4 is 5.32 Å². The first-order chi connectivity index (χ1) is 11.1. The fraction of sp³-hybridized carbons (Fsp3) is 0.650. The van der Waals surface area contributed by atoms with Crippen LogP contribution in [0, 0.1) is 25.2 Å². The highest BCUT2D eigenvalue weighted by Crippen LogP contribution is 2.59. The van der Waals surface area contributed by atoms with Crippen LogP contribution in [0.4, 0.5) is 0 Å². The van der Waals surface area contributed by atoms with E-state index in [1.807, 2.05) is 0 Å². The molecule has 132 valence electrons. The zero-order valence-electron chi connectivity index (χ0n) is 14.8. The maximum absolute atomic E-state index is 13.1. The van der Waals surface area contributed by atoms with Crippen LogP contribution >= 0.6 is 12.4 Å². The van der Waals surface area contributed by atoms with E-state index in [0.29, 0.717) is 23.3 Å². The van der Waals surface area contributed by atoms with Gasteiger partial charge in [-0.1, -0.05) is 18.2 Å². The van der Waals surface area contributed by atoms with Crippen molar-refractivity contribution in [1.82, 2.24) is 10.2 Å². The van der Waals surface area contributed by atoms with Crippen LogP contribution in [0.15, 0.2) is 18.2 Å². The summed E-state index contributed by atoms with van der Waals surface area (Å²) >= 11 is 0. The Morgan fingerprint density at radius 3 is 2.67 bits per heavy atom. The second-order valence-electron chi connectivity index (χ2n) is 7.90. The van der Waals surface area contributed by atoms with E-state index in [4.69, 9.17) is 0 Å². The molecule has 2 atom stereocenters. The van der Waals surface area contributed by atoms with E-state index in [2.05, 4.69) is 42.3 Å². The van der Waals surface area contributed by atoms with Gasteiger partial charge >= 0.3 is 0 Å². The summed E-state index contributed by atoms with van der Waals surface area (Å²) < 4.78 is 0. The van der Waals surface area contributed by atoms with Crippen LogP contribution in [0.2, 0.25) is 0 Å². The average Bonchev–Trinajstić information content (AvgIpc) is 3.03. The van der Waals surface area contributed by atoms with E-state index in [1.54, 1.807) is 0 Å². The highest BCUT2D eigenvalue weighted by atomic mass is 35.5. The molecule has 3 fully saturated rings. The van der Waals surface area contributed by atoms with Crippen LogP contribution in [-0.4, -0.2) is 30.4 Å². The lowest BCUT2D eigenvalue weighted by molar-refractivity contribution is -0.134. The van der Waals surface area contributed by atoms with Gasteiger partial charge in [0.05, 0.1) is 6.04 Å². The lowest BCUT2D eigenvalue weighted by Crippen LogP contribution is -2.36. The fourth-order valence-electron chi connectivity index (χ4n) is 4.72. The molecule has 2 aliphatic heterocycles. The number of hydrogen-bond acceptors (Lipinski definition) is 2. The zero-order chi connectivity index (χ0) is 16.0. The number of carbonyl (C=O) groups excluding carboxylic acids is 1. The molecule has 2 unspecified atom stereocenters. The Hall–Kier alpha value is -1.06. The molecule has 2 saturated heterocycles. The molecule has 0 radical (unpaired) electrons. The van der Waals surface area contributed by atoms with Gasteiger partial charge in [-0.15, -0.1) is 12.4 Å². The van der Waals surface area contributed by atoms with Crippen molar-refractivity contribution in [3.63, 3.8) is 0 Å². The quantitative estimate of drug-likeness (QED) is 0.882. The van der Waals surface area contributed by atoms with E-state index < -0.39 is 0 Å². The zero-order valence-corrected chi connectivity index (χ0v) is 15.6. The molecule has 1 saturated carbocycles. The molecule has 1 aromatic rings. The number of nitrogens with zero attached hydrogens (tertiary/aromatic N) is 1. The molecule has 0 aromatic heterocycles. The van der Waals surface area contributed by atoms with Gasteiger partial charge in [0.1, 0.15) is 0 Å². The summed E-state index contributed by atoms with van der Waals surface area (Å²) in [5.41, 5.74) is 4.35. The van der Waals surface area contributed by atoms with Crippen LogP contribution in [0.1, 0.15) is 54.8 Å². The Bertz CT molecular complexity index is 624. The summed E-state index contributed by atoms with van der Waals surface area (Å²) in [7, 11) is 0. The Balaban J connectivity index is 0.00000169. The third-order valence-electron chi connectivity index (χ3n) is 6.54. The molecule has 24 heavy (non-hydrogen) atoms. The highest BCUT2D eigenvalue weighted by molar-refractivity contribution is 5.85. The number of aryl methyl sites for hydroxylation is 2. The SMILES string of the molecule is Cc1ccc(C2CCCN2C(=O)C2CC23CCNCC3)cc1C.Cl. The summed E-state index contributed by atoms with van der Waals surface area (Å²) in [5.74, 6) is 0.740. The highest BCUT2D eigenvalue weighted by Gasteiger charge is 2.59. The lowest BCUT2D eigenvalue weighted by atomic mass is 9.91. The number of rotatable bonds is 2. The van der Waals surface area contributed by atoms with Gasteiger partial charge in [0.25, 0.3) is 0 Å². The van der Waals surface area contributed by atoms with Crippen molar-refractivity contribution in [2.75, 3.05) is 19.6 Å². The molecule has 1 spiro atoms. The van der Waals surface area contributed by atoms with Gasteiger partial charge in [-0.2, -0.15) is 0 Å². The normalized spacial score (nSPS) is 27.8. The topological polar surface area (TPSA) is 32.3 Å². The van der Waals surface area contributed by atoms with Crippen LogP contribution in [0.5, 0.6) is 0 Å². The van der Waals surface area contributed by atoms with Gasteiger partial charge in [0, 0.05) is 12.5 Å². The molecule has 4 heteroatoms.